The lowest BCUT2D eigenvalue weighted by atomic mass is 9.83. The zero-order valence-corrected chi connectivity index (χ0v) is 12.0. The third-order valence-corrected chi connectivity index (χ3v) is 4.38. The standard InChI is InChI=1S/C14H25N3O3/c1-9-7-8-11(20-9)14(18)16-12(13(15)17-19)10-5-3-2-4-6-10/h9-12,19H,2-8H2,1H3,(H2,15,17)(H,16,18). The van der Waals surface area contributed by atoms with Crippen LogP contribution in [0.5, 0.6) is 0 Å². The van der Waals surface area contributed by atoms with E-state index in [1.807, 2.05) is 6.92 Å². The number of nitrogens with one attached hydrogen (secondary N) is 1. The first-order valence-corrected chi connectivity index (χ1v) is 7.55. The zero-order valence-electron chi connectivity index (χ0n) is 12.0. The van der Waals surface area contributed by atoms with Crippen LogP contribution in [0.4, 0.5) is 0 Å². The van der Waals surface area contributed by atoms with Crippen molar-refractivity contribution in [1.82, 2.24) is 5.32 Å². The first kappa shape index (κ1) is 15.1. The average molecular weight is 283 g/mol. The van der Waals surface area contributed by atoms with Gasteiger partial charge in [-0.3, -0.25) is 4.79 Å². The van der Waals surface area contributed by atoms with Gasteiger partial charge in [-0.25, -0.2) is 0 Å². The molecule has 0 aromatic rings. The summed E-state index contributed by atoms with van der Waals surface area (Å²) in [6, 6.07) is -0.382. The van der Waals surface area contributed by atoms with Gasteiger partial charge >= 0.3 is 0 Å². The van der Waals surface area contributed by atoms with E-state index >= 15 is 0 Å². The van der Waals surface area contributed by atoms with E-state index in [0.29, 0.717) is 0 Å². The van der Waals surface area contributed by atoms with E-state index < -0.39 is 6.10 Å². The normalized spacial score (nSPS) is 30.1. The monoisotopic (exact) mass is 283 g/mol. The number of hydrogen-bond donors (Lipinski definition) is 3. The van der Waals surface area contributed by atoms with Gasteiger partial charge in [-0.2, -0.15) is 0 Å². The summed E-state index contributed by atoms with van der Waals surface area (Å²) in [6.45, 7) is 1.97. The van der Waals surface area contributed by atoms with Crippen molar-refractivity contribution < 1.29 is 14.7 Å². The zero-order chi connectivity index (χ0) is 14.5. The van der Waals surface area contributed by atoms with Gasteiger partial charge in [-0.15, -0.1) is 0 Å². The minimum atomic E-state index is -0.400. The molecule has 114 valence electrons. The van der Waals surface area contributed by atoms with Gasteiger partial charge in [-0.05, 0) is 38.5 Å². The molecule has 6 heteroatoms. The van der Waals surface area contributed by atoms with Crippen LogP contribution in [0.3, 0.4) is 0 Å². The van der Waals surface area contributed by atoms with Crippen LogP contribution in [0.2, 0.25) is 0 Å². The molecule has 3 atom stereocenters. The Morgan fingerprint density at radius 3 is 2.55 bits per heavy atom. The van der Waals surface area contributed by atoms with Crippen molar-refractivity contribution in [2.24, 2.45) is 16.8 Å². The lowest BCUT2D eigenvalue weighted by molar-refractivity contribution is -0.132. The van der Waals surface area contributed by atoms with Crippen LogP contribution in [0.1, 0.15) is 51.9 Å². The third kappa shape index (κ3) is 3.62. The van der Waals surface area contributed by atoms with E-state index in [4.69, 9.17) is 15.7 Å². The number of ether oxygens (including phenoxy) is 1. The molecule has 0 aromatic heterocycles. The number of nitrogens with two attached hydrogens (primary N) is 1. The van der Waals surface area contributed by atoms with E-state index in [-0.39, 0.29) is 29.8 Å². The van der Waals surface area contributed by atoms with Crippen molar-refractivity contribution in [3.8, 4) is 0 Å². The van der Waals surface area contributed by atoms with Gasteiger partial charge in [0.25, 0.3) is 0 Å². The highest BCUT2D eigenvalue weighted by Gasteiger charge is 2.33. The SMILES string of the molecule is CC1CCC(C(=O)NC(C(N)=NO)C2CCCCC2)O1. The van der Waals surface area contributed by atoms with Gasteiger partial charge in [-0.1, -0.05) is 24.4 Å². The average Bonchev–Trinajstić information content (AvgIpc) is 2.91. The van der Waals surface area contributed by atoms with Crippen LogP contribution < -0.4 is 11.1 Å². The quantitative estimate of drug-likeness (QED) is 0.314. The number of amidine groups is 1. The molecule has 0 aromatic carbocycles. The molecule has 1 saturated carbocycles. The Kier molecular flexibility index (Phi) is 5.23. The molecule has 1 saturated heterocycles. The maximum Gasteiger partial charge on any atom is 0.249 e. The minimum Gasteiger partial charge on any atom is -0.409 e. The second kappa shape index (κ2) is 6.92. The summed E-state index contributed by atoms with van der Waals surface area (Å²) in [5.41, 5.74) is 5.77. The molecule has 0 radical (unpaired) electrons. The summed E-state index contributed by atoms with van der Waals surface area (Å²) in [6.07, 6.45) is 6.85. The summed E-state index contributed by atoms with van der Waals surface area (Å²) in [4.78, 5) is 12.2. The molecule has 3 unspecified atom stereocenters. The molecular formula is C14H25N3O3. The molecule has 0 bridgehead atoms. The van der Waals surface area contributed by atoms with Crippen LogP contribution in [-0.4, -0.2) is 35.2 Å². The summed E-state index contributed by atoms with van der Waals surface area (Å²) in [7, 11) is 0. The molecule has 4 N–H and O–H groups in total. The van der Waals surface area contributed by atoms with Gasteiger partial charge in [0.1, 0.15) is 6.10 Å². The third-order valence-electron chi connectivity index (χ3n) is 4.38. The van der Waals surface area contributed by atoms with E-state index in [1.54, 1.807) is 0 Å². The number of rotatable bonds is 4. The fourth-order valence-corrected chi connectivity index (χ4v) is 3.20. The van der Waals surface area contributed by atoms with Gasteiger partial charge < -0.3 is 21.0 Å². The highest BCUT2D eigenvalue weighted by molar-refractivity contribution is 5.91. The Morgan fingerprint density at radius 2 is 2.00 bits per heavy atom. The fourth-order valence-electron chi connectivity index (χ4n) is 3.20. The maximum absolute atomic E-state index is 12.2. The minimum absolute atomic E-state index is 0.0938. The number of carbonyl (C=O) groups excluding carboxylic acids is 1. The van der Waals surface area contributed by atoms with Crippen molar-refractivity contribution in [2.75, 3.05) is 0 Å². The molecule has 1 aliphatic heterocycles. The van der Waals surface area contributed by atoms with Crippen molar-refractivity contribution in [2.45, 2.75) is 70.1 Å². The van der Waals surface area contributed by atoms with Gasteiger partial charge in [0.05, 0.1) is 12.1 Å². The number of hydrogen-bond acceptors (Lipinski definition) is 4. The van der Waals surface area contributed by atoms with Gasteiger partial charge in [0.2, 0.25) is 5.91 Å². The smallest absolute Gasteiger partial charge is 0.249 e. The molecule has 1 heterocycles. The topological polar surface area (TPSA) is 96.9 Å². The van der Waals surface area contributed by atoms with E-state index in [2.05, 4.69) is 10.5 Å². The first-order valence-electron chi connectivity index (χ1n) is 7.55. The second-order valence-electron chi connectivity index (χ2n) is 5.92. The molecule has 2 fully saturated rings. The molecule has 2 rings (SSSR count). The van der Waals surface area contributed by atoms with Gasteiger partial charge in [0, 0.05) is 0 Å². The van der Waals surface area contributed by atoms with Crippen LogP contribution in [0.15, 0.2) is 5.16 Å². The van der Waals surface area contributed by atoms with Crippen molar-refractivity contribution >= 4 is 11.7 Å². The molecule has 1 aliphatic carbocycles. The summed E-state index contributed by atoms with van der Waals surface area (Å²) in [5.74, 6) is 0.204. The van der Waals surface area contributed by atoms with Gasteiger partial charge in [0.15, 0.2) is 5.84 Å². The van der Waals surface area contributed by atoms with Crippen LogP contribution in [-0.2, 0) is 9.53 Å². The molecule has 20 heavy (non-hydrogen) atoms. The molecule has 1 amide bonds. The highest BCUT2D eigenvalue weighted by Crippen LogP contribution is 2.27. The van der Waals surface area contributed by atoms with E-state index in [1.165, 1.54) is 6.42 Å². The number of carbonyl (C=O) groups is 1. The van der Waals surface area contributed by atoms with Crippen molar-refractivity contribution in [3.05, 3.63) is 0 Å². The largest absolute Gasteiger partial charge is 0.409 e. The Bertz CT molecular complexity index is 367. The summed E-state index contributed by atoms with van der Waals surface area (Å²) >= 11 is 0. The lowest BCUT2D eigenvalue weighted by Crippen LogP contribution is -2.52. The predicted octanol–water partition coefficient (Wildman–Crippen LogP) is 1.37. The number of amides is 1. The Balaban J connectivity index is 1.98. The Hall–Kier alpha value is -1.30. The van der Waals surface area contributed by atoms with Crippen LogP contribution >= 0.6 is 0 Å². The summed E-state index contributed by atoms with van der Waals surface area (Å²) in [5, 5.41) is 15.0. The Labute approximate surface area is 119 Å². The fraction of sp³-hybridized carbons (Fsp3) is 0.857. The molecule has 0 spiro atoms. The maximum atomic E-state index is 12.2. The second-order valence-corrected chi connectivity index (χ2v) is 5.92. The lowest BCUT2D eigenvalue weighted by Gasteiger charge is -2.30. The summed E-state index contributed by atoms with van der Waals surface area (Å²) < 4.78 is 5.57. The highest BCUT2D eigenvalue weighted by atomic mass is 16.5. The number of nitrogens with zero attached hydrogens (tertiary/aromatic N) is 1. The van der Waals surface area contributed by atoms with Crippen molar-refractivity contribution in [3.63, 3.8) is 0 Å². The predicted molar refractivity (Wildman–Crippen MR) is 75.5 cm³/mol. The molecular weight excluding hydrogens is 258 g/mol. The van der Waals surface area contributed by atoms with E-state index in [9.17, 15) is 4.79 Å². The number of oxime groups is 1. The first-order chi connectivity index (χ1) is 9.61. The Morgan fingerprint density at radius 1 is 1.30 bits per heavy atom. The van der Waals surface area contributed by atoms with Crippen LogP contribution in [0.25, 0.3) is 0 Å². The van der Waals surface area contributed by atoms with Crippen LogP contribution in [0, 0.1) is 5.92 Å². The van der Waals surface area contributed by atoms with E-state index in [0.717, 1.165) is 38.5 Å². The molecule has 2 aliphatic rings. The molecule has 6 nitrogen and oxygen atoms in total. The van der Waals surface area contributed by atoms with Crippen molar-refractivity contribution in [1.29, 1.82) is 0 Å².